The molecular formula is C16H23FN2. The van der Waals surface area contributed by atoms with E-state index in [4.69, 9.17) is 5.73 Å². The Labute approximate surface area is 114 Å². The third kappa shape index (κ3) is 3.27. The summed E-state index contributed by atoms with van der Waals surface area (Å²) in [5, 5.41) is 0. The number of nitrogens with two attached hydrogens (primary N) is 1. The zero-order chi connectivity index (χ0) is 13.4. The minimum Gasteiger partial charge on any atom is -0.369 e. The monoisotopic (exact) mass is 262 g/mol. The minimum atomic E-state index is -0.115. The van der Waals surface area contributed by atoms with Crippen LogP contribution in [0.1, 0.15) is 44.2 Å². The predicted molar refractivity (Wildman–Crippen MR) is 76.7 cm³/mol. The number of nitrogens with zero attached hydrogens (tertiary/aromatic N) is 1. The van der Waals surface area contributed by atoms with E-state index in [1.165, 1.54) is 25.7 Å². The Morgan fingerprint density at radius 1 is 1.21 bits per heavy atom. The highest BCUT2D eigenvalue weighted by molar-refractivity contribution is 5.50. The number of hydrogen-bond acceptors (Lipinski definition) is 2. The van der Waals surface area contributed by atoms with Crippen molar-refractivity contribution in [1.29, 1.82) is 0 Å². The fourth-order valence-corrected chi connectivity index (χ4v) is 2.56. The first-order valence-corrected chi connectivity index (χ1v) is 7.43. The molecule has 2 aliphatic carbocycles. The van der Waals surface area contributed by atoms with Crippen molar-refractivity contribution < 1.29 is 4.39 Å². The molecule has 0 aromatic heterocycles. The van der Waals surface area contributed by atoms with Crippen molar-refractivity contribution in [2.45, 2.75) is 38.6 Å². The summed E-state index contributed by atoms with van der Waals surface area (Å²) in [5.41, 5.74) is 7.45. The first-order chi connectivity index (χ1) is 9.13. The maximum Gasteiger partial charge on any atom is 0.146 e. The highest BCUT2D eigenvalue weighted by Gasteiger charge is 2.30. The summed E-state index contributed by atoms with van der Waals surface area (Å²) in [6.07, 6.45) is 5.23. The second kappa shape index (κ2) is 5.12. The zero-order valence-corrected chi connectivity index (χ0v) is 11.6. The van der Waals surface area contributed by atoms with Crippen LogP contribution in [0.15, 0.2) is 18.2 Å². The molecule has 0 spiro atoms. The Morgan fingerprint density at radius 3 is 2.21 bits per heavy atom. The molecule has 1 aromatic rings. The number of benzene rings is 1. The second-order valence-corrected chi connectivity index (χ2v) is 6.29. The van der Waals surface area contributed by atoms with Crippen LogP contribution in [-0.4, -0.2) is 13.1 Å². The summed E-state index contributed by atoms with van der Waals surface area (Å²) in [4.78, 5) is 2.26. The van der Waals surface area contributed by atoms with Gasteiger partial charge in [0, 0.05) is 19.1 Å². The van der Waals surface area contributed by atoms with Gasteiger partial charge in [-0.1, -0.05) is 6.07 Å². The van der Waals surface area contributed by atoms with E-state index in [9.17, 15) is 4.39 Å². The highest BCUT2D eigenvalue weighted by atomic mass is 19.1. The number of hydrogen-bond donors (Lipinski definition) is 1. The van der Waals surface area contributed by atoms with Crippen LogP contribution < -0.4 is 10.6 Å². The molecule has 3 rings (SSSR count). The van der Waals surface area contributed by atoms with Crippen molar-refractivity contribution in [1.82, 2.24) is 0 Å². The Hall–Kier alpha value is -1.09. The summed E-state index contributed by atoms with van der Waals surface area (Å²) in [6, 6.07) is 5.38. The maximum atomic E-state index is 14.3. The van der Waals surface area contributed by atoms with E-state index in [1.807, 2.05) is 19.1 Å². The Balaban J connectivity index is 1.79. The summed E-state index contributed by atoms with van der Waals surface area (Å²) >= 11 is 0. The second-order valence-electron chi connectivity index (χ2n) is 6.29. The minimum absolute atomic E-state index is 0.108. The lowest BCUT2D eigenvalue weighted by Gasteiger charge is -2.26. The van der Waals surface area contributed by atoms with Crippen LogP contribution in [0.4, 0.5) is 10.1 Å². The predicted octanol–water partition coefficient (Wildman–Crippen LogP) is 3.47. The molecule has 2 fully saturated rings. The van der Waals surface area contributed by atoms with Gasteiger partial charge in [0.1, 0.15) is 5.82 Å². The average molecular weight is 262 g/mol. The summed E-state index contributed by atoms with van der Waals surface area (Å²) in [5.74, 6) is 1.45. The van der Waals surface area contributed by atoms with Gasteiger partial charge in [-0.2, -0.15) is 0 Å². The first-order valence-electron chi connectivity index (χ1n) is 7.43. The van der Waals surface area contributed by atoms with Crippen LogP contribution >= 0.6 is 0 Å². The van der Waals surface area contributed by atoms with Crippen LogP contribution in [0.3, 0.4) is 0 Å². The van der Waals surface area contributed by atoms with Gasteiger partial charge in [-0.3, -0.25) is 0 Å². The molecule has 3 heteroatoms. The molecule has 0 radical (unpaired) electrons. The summed E-state index contributed by atoms with van der Waals surface area (Å²) < 4.78 is 14.3. The van der Waals surface area contributed by atoms with E-state index in [1.54, 1.807) is 6.07 Å². The smallest absolute Gasteiger partial charge is 0.146 e. The molecule has 0 unspecified atom stereocenters. The molecule has 0 heterocycles. The van der Waals surface area contributed by atoms with Gasteiger partial charge in [0.25, 0.3) is 0 Å². The lowest BCUT2D eigenvalue weighted by Crippen LogP contribution is -2.29. The van der Waals surface area contributed by atoms with Gasteiger partial charge in [0.2, 0.25) is 0 Å². The van der Waals surface area contributed by atoms with Gasteiger partial charge in [-0.05, 0) is 62.1 Å². The van der Waals surface area contributed by atoms with Gasteiger partial charge < -0.3 is 10.6 Å². The molecule has 0 saturated heterocycles. The van der Waals surface area contributed by atoms with E-state index >= 15 is 0 Å². The lowest BCUT2D eigenvalue weighted by atomic mass is 10.1. The molecule has 104 valence electrons. The highest BCUT2D eigenvalue weighted by Crippen LogP contribution is 2.36. The Bertz CT molecular complexity index is 436. The molecule has 2 N–H and O–H groups in total. The molecule has 2 aliphatic rings. The van der Waals surface area contributed by atoms with Gasteiger partial charge in [0.15, 0.2) is 0 Å². The quantitative estimate of drug-likeness (QED) is 0.850. The largest absolute Gasteiger partial charge is 0.369 e. The normalized spacial score (nSPS) is 20.4. The molecule has 1 atom stereocenters. The number of anilines is 1. The van der Waals surface area contributed by atoms with Gasteiger partial charge in [0.05, 0.1) is 5.69 Å². The van der Waals surface area contributed by atoms with Crippen LogP contribution in [0.5, 0.6) is 0 Å². The van der Waals surface area contributed by atoms with Crippen molar-refractivity contribution in [3.8, 4) is 0 Å². The summed E-state index contributed by atoms with van der Waals surface area (Å²) in [6.45, 7) is 3.93. The van der Waals surface area contributed by atoms with Crippen molar-refractivity contribution >= 4 is 5.69 Å². The topological polar surface area (TPSA) is 29.3 Å². The van der Waals surface area contributed by atoms with Crippen LogP contribution in [-0.2, 0) is 0 Å². The van der Waals surface area contributed by atoms with Crippen molar-refractivity contribution in [3.05, 3.63) is 29.6 Å². The molecule has 2 saturated carbocycles. The molecule has 0 bridgehead atoms. The van der Waals surface area contributed by atoms with E-state index in [0.717, 1.165) is 36.2 Å². The third-order valence-corrected chi connectivity index (χ3v) is 4.19. The van der Waals surface area contributed by atoms with E-state index in [-0.39, 0.29) is 11.9 Å². The van der Waals surface area contributed by atoms with E-state index < -0.39 is 0 Å². The van der Waals surface area contributed by atoms with Gasteiger partial charge >= 0.3 is 0 Å². The molecule has 19 heavy (non-hydrogen) atoms. The van der Waals surface area contributed by atoms with Crippen LogP contribution in [0.25, 0.3) is 0 Å². The molecule has 0 amide bonds. The van der Waals surface area contributed by atoms with Crippen LogP contribution in [0, 0.1) is 17.7 Å². The number of halogens is 1. The van der Waals surface area contributed by atoms with Gasteiger partial charge in [-0.15, -0.1) is 0 Å². The third-order valence-electron chi connectivity index (χ3n) is 4.19. The Kier molecular flexibility index (Phi) is 3.48. The average Bonchev–Trinajstić information content (AvgIpc) is 3.23. The zero-order valence-electron chi connectivity index (χ0n) is 11.6. The Morgan fingerprint density at radius 2 is 1.79 bits per heavy atom. The molecule has 0 aliphatic heterocycles. The molecule has 2 nitrogen and oxygen atoms in total. The van der Waals surface area contributed by atoms with Crippen molar-refractivity contribution in [2.24, 2.45) is 17.6 Å². The molecular weight excluding hydrogens is 239 g/mol. The van der Waals surface area contributed by atoms with Crippen LogP contribution in [0.2, 0.25) is 0 Å². The van der Waals surface area contributed by atoms with Gasteiger partial charge in [-0.25, -0.2) is 4.39 Å². The van der Waals surface area contributed by atoms with E-state index in [2.05, 4.69) is 4.90 Å². The first kappa shape index (κ1) is 12.9. The fourth-order valence-electron chi connectivity index (χ4n) is 2.56. The standard InChI is InChI=1S/C16H23FN2/c1-11(18)14-6-7-16(15(17)8-14)19(9-12-2-3-12)10-13-4-5-13/h6-8,11-13H,2-5,9-10,18H2,1H3/t11-/m0/s1. The van der Waals surface area contributed by atoms with E-state index in [0.29, 0.717) is 0 Å². The molecule has 1 aromatic carbocycles. The van der Waals surface area contributed by atoms with Crippen molar-refractivity contribution in [2.75, 3.05) is 18.0 Å². The maximum absolute atomic E-state index is 14.3. The summed E-state index contributed by atoms with van der Waals surface area (Å²) in [7, 11) is 0. The fraction of sp³-hybridized carbons (Fsp3) is 0.625. The SMILES string of the molecule is C[C@H](N)c1ccc(N(CC2CC2)CC2CC2)c(F)c1. The van der Waals surface area contributed by atoms with Crippen molar-refractivity contribution in [3.63, 3.8) is 0 Å². The number of rotatable bonds is 6. The lowest BCUT2D eigenvalue weighted by molar-refractivity contribution is 0.599.